The number of amides is 1. The highest BCUT2D eigenvalue weighted by Crippen LogP contribution is 2.33. The van der Waals surface area contributed by atoms with Crippen molar-refractivity contribution in [1.82, 2.24) is 5.43 Å². The number of carbonyl (C=O) groups excluding carboxylic acids is 1. The topological polar surface area (TPSA) is 69.2 Å². The average Bonchev–Trinajstić information content (AvgIpc) is 2.60. The minimum Gasteiger partial charge on any atom is -0.496 e. The maximum Gasteiger partial charge on any atom is 0.275 e. The Morgan fingerprint density at radius 3 is 2.46 bits per heavy atom. The molecular weight excluding hydrogens is 423 g/mol. The van der Waals surface area contributed by atoms with Crippen LogP contribution in [0.15, 0.2) is 41.5 Å². The van der Waals surface area contributed by atoms with Gasteiger partial charge >= 0.3 is 0 Å². The number of nitrogens with one attached hydrogen (secondary N) is 1. The fraction of sp³-hybridized carbons (Fsp3) is 0.176. The van der Waals surface area contributed by atoms with Gasteiger partial charge in [-0.15, -0.1) is 0 Å². The highest BCUT2D eigenvalue weighted by Gasteiger charge is 2.11. The van der Waals surface area contributed by atoms with Gasteiger partial charge in [-0.1, -0.05) is 12.1 Å². The van der Waals surface area contributed by atoms with Crippen molar-refractivity contribution in [3.63, 3.8) is 0 Å². The van der Waals surface area contributed by atoms with Crippen LogP contribution in [0, 0.1) is 3.57 Å². The lowest BCUT2D eigenvalue weighted by Crippen LogP contribution is -2.18. The number of hydrazone groups is 1. The van der Waals surface area contributed by atoms with Crippen LogP contribution in [0.5, 0.6) is 17.2 Å². The van der Waals surface area contributed by atoms with Gasteiger partial charge in [0.25, 0.3) is 5.91 Å². The molecule has 2 aromatic carbocycles. The van der Waals surface area contributed by atoms with Crippen LogP contribution in [0.25, 0.3) is 0 Å². The van der Waals surface area contributed by atoms with Gasteiger partial charge in [-0.05, 0) is 52.4 Å². The Balaban J connectivity index is 2.14. The second-order valence-electron chi connectivity index (χ2n) is 4.64. The Kier molecular flexibility index (Phi) is 6.42. The van der Waals surface area contributed by atoms with Crippen LogP contribution < -0.4 is 19.6 Å². The van der Waals surface area contributed by atoms with Crippen molar-refractivity contribution in [2.75, 3.05) is 21.3 Å². The van der Waals surface area contributed by atoms with E-state index < -0.39 is 0 Å². The molecule has 7 heteroatoms. The molecule has 0 saturated carbocycles. The van der Waals surface area contributed by atoms with Crippen LogP contribution >= 0.6 is 22.6 Å². The maximum absolute atomic E-state index is 12.2. The van der Waals surface area contributed by atoms with Crippen molar-refractivity contribution >= 4 is 34.7 Å². The largest absolute Gasteiger partial charge is 0.496 e. The predicted octanol–water partition coefficient (Wildman–Crippen LogP) is 3.08. The molecule has 2 aromatic rings. The van der Waals surface area contributed by atoms with E-state index >= 15 is 0 Å². The Hall–Kier alpha value is -2.29. The average molecular weight is 440 g/mol. The Labute approximate surface area is 153 Å². The molecule has 6 nitrogen and oxygen atoms in total. The van der Waals surface area contributed by atoms with E-state index in [9.17, 15) is 4.79 Å². The first kappa shape index (κ1) is 18.1. The molecule has 0 bridgehead atoms. The monoisotopic (exact) mass is 440 g/mol. The van der Waals surface area contributed by atoms with Gasteiger partial charge in [-0.3, -0.25) is 4.79 Å². The second-order valence-corrected chi connectivity index (χ2v) is 5.80. The molecule has 0 aliphatic heterocycles. The summed E-state index contributed by atoms with van der Waals surface area (Å²) in [6, 6.07) is 10.6. The molecule has 0 fully saturated rings. The molecule has 0 aromatic heterocycles. The lowest BCUT2D eigenvalue weighted by Gasteiger charge is -2.10. The lowest BCUT2D eigenvalue weighted by molar-refractivity contribution is 0.0952. The number of ether oxygens (including phenoxy) is 3. The number of halogens is 1. The van der Waals surface area contributed by atoms with Gasteiger partial charge in [-0.25, -0.2) is 5.43 Å². The molecule has 2 rings (SSSR count). The second kappa shape index (κ2) is 8.53. The van der Waals surface area contributed by atoms with E-state index in [4.69, 9.17) is 14.2 Å². The van der Waals surface area contributed by atoms with E-state index in [1.54, 1.807) is 44.6 Å². The number of hydrogen-bond donors (Lipinski definition) is 1. The van der Waals surface area contributed by atoms with Crippen molar-refractivity contribution in [2.24, 2.45) is 5.10 Å². The summed E-state index contributed by atoms with van der Waals surface area (Å²) in [5.74, 6) is 1.40. The van der Waals surface area contributed by atoms with E-state index in [2.05, 4.69) is 33.1 Å². The van der Waals surface area contributed by atoms with Crippen LogP contribution in [-0.2, 0) is 0 Å². The summed E-state index contributed by atoms with van der Waals surface area (Å²) >= 11 is 2.15. The normalized spacial score (nSPS) is 10.5. The standard InChI is InChI=1S/C17H17IN2O4/c1-22-14-7-5-4-6-12(14)17(21)20-19-10-11-8-13(18)16(24-3)15(9-11)23-2/h4-10H,1-3H3,(H,20,21)/b19-10+. The summed E-state index contributed by atoms with van der Waals surface area (Å²) < 4.78 is 16.6. The summed E-state index contributed by atoms with van der Waals surface area (Å²) in [5, 5.41) is 3.99. The number of carbonyl (C=O) groups is 1. The molecule has 0 unspecified atom stereocenters. The quantitative estimate of drug-likeness (QED) is 0.426. The SMILES string of the molecule is COc1ccccc1C(=O)N/N=C/c1cc(I)c(OC)c(OC)c1. The van der Waals surface area contributed by atoms with Gasteiger partial charge in [-0.2, -0.15) is 5.10 Å². The highest BCUT2D eigenvalue weighted by atomic mass is 127. The molecule has 1 amide bonds. The van der Waals surface area contributed by atoms with Gasteiger partial charge in [0, 0.05) is 0 Å². The van der Waals surface area contributed by atoms with E-state index in [1.807, 2.05) is 6.07 Å². The van der Waals surface area contributed by atoms with Gasteiger partial charge in [0.15, 0.2) is 11.5 Å². The number of benzene rings is 2. The van der Waals surface area contributed by atoms with Crippen LogP contribution in [0.1, 0.15) is 15.9 Å². The number of hydrogen-bond acceptors (Lipinski definition) is 5. The van der Waals surface area contributed by atoms with Crippen molar-refractivity contribution in [1.29, 1.82) is 0 Å². The zero-order chi connectivity index (χ0) is 17.5. The van der Waals surface area contributed by atoms with Crippen molar-refractivity contribution < 1.29 is 19.0 Å². The summed E-state index contributed by atoms with van der Waals surface area (Å²) in [6.07, 6.45) is 1.54. The zero-order valence-electron chi connectivity index (χ0n) is 13.5. The highest BCUT2D eigenvalue weighted by molar-refractivity contribution is 14.1. The van der Waals surface area contributed by atoms with Crippen LogP contribution in [0.4, 0.5) is 0 Å². The molecule has 24 heavy (non-hydrogen) atoms. The molecule has 0 aliphatic carbocycles. The molecular formula is C17H17IN2O4. The third kappa shape index (κ3) is 4.16. The van der Waals surface area contributed by atoms with Crippen molar-refractivity contribution in [2.45, 2.75) is 0 Å². The molecule has 0 heterocycles. The van der Waals surface area contributed by atoms with Gasteiger partial charge in [0.1, 0.15) is 5.75 Å². The van der Waals surface area contributed by atoms with Crippen LogP contribution in [-0.4, -0.2) is 33.5 Å². The van der Waals surface area contributed by atoms with E-state index in [0.717, 1.165) is 9.13 Å². The van der Waals surface area contributed by atoms with Crippen molar-refractivity contribution in [3.8, 4) is 17.2 Å². The molecule has 0 spiro atoms. The summed E-state index contributed by atoms with van der Waals surface area (Å²) in [7, 11) is 4.67. The fourth-order valence-corrected chi connectivity index (χ4v) is 2.92. The fourth-order valence-electron chi connectivity index (χ4n) is 2.07. The van der Waals surface area contributed by atoms with E-state index in [1.165, 1.54) is 13.3 Å². The molecule has 0 radical (unpaired) electrons. The van der Waals surface area contributed by atoms with Gasteiger partial charge in [0.2, 0.25) is 0 Å². The molecule has 0 atom stereocenters. The molecule has 0 aliphatic rings. The third-order valence-electron chi connectivity index (χ3n) is 3.19. The number of para-hydroxylation sites is 1. The first-order valence-electron chi connectivity index (χ1n) is 6.98. The maximum atomic E-state index is 12.2. The third-order valence-corrected chi connectivity index (χ3v) is 3.99. The Morgan fingerprint density at radius 1 is 1.08 bits per heavy atom. The van der Waals surface area contributed by atoms with Crippen LogP contribution in [0.3, 0.4) is 0 Å². The summed E-state index contributed by atoms with van der Waals surface area (Å²) in [4.78, 5) is 12.2. The first-order chi connectivity index (χ1) is 11.6. The first-order valence-corrected chi connectivity index (χ1v) is 8.06. The van der Waals surface area contributed by atoms with Gasteiger partial charge in [0.05, 0.1) is 36.7 Å². The minimum absolute atomic E-state index is 0.348. The van der Waals surface area contributed by atoms with Crippen LogP contribution in [0.2, 0.25) is 0 Å². The molecule has 0 saturated heterocycles. The van der Waals surface area contributed by atoms with E-state index in [-0.39, 0.29) is 5.91 Å². The minimum atomic E-state index is -0.348. The summed E-state index contributed by atoms with van der Waals surface area (Å²) in [6.45, 7) is 0. The van der Waals surface area contributed by atoms with Gasteiger partial charge < -0.3 is 14.2 Å². The Bertz CT molecular complexity index is 762. The summed E-state index contributed by atoms with van der Waals surface area (Å²) in [5.41, 5.74) is 3.67. The molecule has 1 N–H and O–H groups in total. The number of methoxy groups -OCH3 is 3. The van der Waals surface area contributed by atoms with Crippen molar-refractivity contribution in [3.05, 3.63) is 51.1 Å². The predicted molar refractivity (Wildman–Crippen MR) is 100 cm³/mol. The zero-order valence-corrected chi connectivity index (χ0v) is 15.7. The Morgan fingerprint density at radius 2 is 1.79 bits per heavy atom. The number of nitrogens with zero attached hydrogens (tertiary/aromatic N) is 1. The molecule has 126 valence electrons. The smallest absolute Gasteiger partial charge is 0.275 e. The number of rotatable bonds is 6. The lowest BCUT2D eigenvalue weighted by atomic mass is 10.2. The van der Waals surface area contributed by atoms with E-state index in [0.29, 0.717) is 22.8 Å².